The number of carbonyl (C=O) groups excluding carboxylic acids is 2. The normalized spacial score (nSPS) is 13.7. The van der Waals surface area contributed by atoms with E-state index in [-0.39, 0.29) is 16.4 Å². The number of nitrogens with one attached hydrogen (secondary N) is 1. The highest BCUT2D eigenvalue weighted by Crippen LogP contribution is 2.39. The van der Waals surface area contributed by atoms with E-state index in [0.717, 1.165) is 29.7 Å². The van der Waals surface area contributed by atoms with Crippen LogP contribution in [0.5, 0.6) is 5.75 Å². The lowest BCUT2D eigenvalue weighted by Gasteiger charge is -2.16. The third-order valence-corrected chi connectivity index (χ3v) is 6.59. The van der Waals surface area contributed by atoms with Crippen LogP contribution < -0.4 is 10.2 Å². The van der Waals surface area contributed by atoms with Gasteiger partial charge in [0.25, 0.3) is 11.8 Å². The summed E-state index contributed by atoms with van der Waals surface area (Å²) in [6, 6.07) is 21.1. The molecule has 168 valence electrons. The summed E-state index contributed by atoms with van der Waals surface area (Å²) in [5.41, 5.74) is 2.14. The number of hydrogen-bond donors (Lipinski definition) is 2. The fourth-order valence-electron chi connectivity index (χ4n) is 3.48. The molecule has 0 bridgehead atoms. The molecule has 0 saturated heterocycles. The number of rotatable bonds is 8. The molecule has 0 unspecified atom stereocenters. The summed E-state index contributed by atoms with van der Waals surface area (Å²) in [5, 5.41) is 13.8. The van der Waals surface area contributed by atoms with Crippen molar-refractivity contribution in [2.45, 2.75) is 31.1 Å². The van der Waals surface area contributed by atoms with Crippen LogP contribution in [0.2, 0.25) is 5.02 Å². The molecule has 0 radical (unpaired) electrons. The van der Waals surface area contributed by atoms with Gasteiger partial charge in [-0.3, -0.25) is 9.59 Å². The van der Waals surface area contributed by atoms with Gasteiger partial charge in [-0.25, -0.2) is 4.90 Å². The Balaban J connectivity index is 1.68. The average Bonchev–Trinajstić information content (AvgIpc) is 3.05. The van der Waals surface area contributed by atoms with Gasteiger partial charge in [-0.05, 0) is 66.9 Å². The van der Waals surface area contributed by atoms with Crippen molar-refractivity contribution in [3.05, 3.63) is 94.0 Å². The first-order valence-electron chi connectivity index (χ1n) is 10.7. The molecular weight excluding hydrogens is 456 g/mol. The van der Waals surface area contributed by atoms with Crippen LogP contribution >= 0.6 is 23.4 Å². The molecule has 0 saturated carbocycles. The van der Waals surface area contributed by atoms with Gasteiger partial charge in [-0.1, -0.05) is 61.0 Å². The number of aryl methyl sites for hydroxylation is 1. The third-order valence-electron chi connectivity index (χ3n) is 5.25. The van der Waals surface area contributed by atoms with E-state index in [9.17, 15) is 14.7 Å². The number of halogens is 1. The molecule has 3 aromatic rings. The van der Waals surface area contributed by atoms with Crippen molar-refractivity contribution in [2.75, 3.05) is 10.2 Å². The molecule has 2 N–H and O–H groups in total. The zero-order valence-corrected chi connectivity index (χ0v) is 19.6. The maximum absolute atomic E-state index is 13.4. The molecule has 5 nitrogen and oxygen atoms in total. The second-order valence-electron chi connectivity index (χ2n) is 7.62. The number of carbonyl (C=O) groups is 2. The van der Waals surface area contributed by atoms with Crippen LogP contribution in [0.3, 0.4) is 0 Å². The van der Waals surface area contributed by atoms with E-state index < -0.39 is 11.8 Å². The highest BCUT2D eigenvalue weighted by Gasteiger charge is 2.40. The van der Waals surface area contributed by atoms with Gasteiger partial charge in [-0.15, -0.1) is 0 Å². The molecule has 7 heteroatoms. The molecule has 0 aliphatic carbocycles. The number of para-hydroxylation sites is 2. The number of imide groups is 1. The van der Waals surface area contributed by atoms with Crippen LogP contribution in [0.1, 0.15) is 25.3 Å². The Hall–Kier alpha value is -3.22. The number of benzene rings is 3. The maximum atomic E-state index is 13.4. The van der Waals surface area contributed by atoms with E-state index in [1.165, 1.54) is 22.7 Å². The van der Waals surface area contributed by atoms with Crippen molar-refractivity contribution in [1.82, 2.24) is 0 Å². The van der Waals surface area contributed by atoms with Crippen LogP contribution in [-0.4, -0.2) is 16.9 Å². The Labute approximate surface area is 202 Å². The van der Waals surface area contributed by atoms with Crippen LogP contribution in [0.15, 0.2) is 88.3 Å². The summed E-state index contributed by atoms with van der Waals surface area (Å²) in [6.45, 7) is 2.14. The van der Waals surface area contributed by atoms with Crippen molar-refractivity contribution in [1.29, 1.82) is 0 Å². The van der Waals surface area contributed by atoms with Gasteiger partial charge in [0.2, 0.25) is 0 Å². The van der Waals surface area contributed by atoms with E-state index in [1.54, 1.807) is 54.6 Å². The molecule has 0 spiro atoms. The first-order valence-corrected chi connectivity index (χ1v) is 11.9. The van der Waals surface area contributed by atoms with Gasteiger partial charge >= 0.3 is 0 Å². The van der Waals surface area contributed by atoms with Crippen LogP contribution in [-0.2, 0) is 16.0 Å². The van der Waals surface area contributed by atoms with Crippen LogP contribution in [0.25, 0.3) is 0 Å². The minimum atomic E-state index is -0.471. The molecule has 2 amide bonds. The molecule has 1 aliphatic rings. The van der Waals surface area contributed by atoms with Gasteiger partial charge in [0.05, 0.1) is 11.4 Å². The molecule has 1 aliphatic heterocycles. The van der Waals surface area contributed by atoms with E-state index in [4.69, 9.17) is 11.6 Å². The second-order valence-corrected chi connectivity index (χ2v) is 9.14. The highest BCUT2D eigenvalue weighted by atomic mass is 35.5. The Morgan fingerprint density at radius 2 is 1.64 bits per heavy atom. The molecule has 0 aromatic heterocycles. The largest absolute Gasteiger partial charge is 0.506 e. The lowest BCUT2D eigenvalue weighted by atomic mass is 10.1. The number of aromatic hydroxyl groups is 1. The Morgan fingerprint density at radius 3 is 2.30 bits per heavy atom. The summed E-state index contributed by atoms with van der Waals surface area (Å²) in [6.07, 6.45) is 3.13. The number of amides is 2. The highest BCUT2D eigenvalue weighted by molar-refractivity contribution is 8.04. The zero-order chi connectivity index (χ0) is 23.4. The first-order chi connectivity index (χ1) is 16.0. The van der Waals surface area contributed by atoms with Gasteiger partial charge in [-0.2, -0.15) is 0 Å². The zero-order valence-electron chi connectivity index (χ0n) is 18.0. The monoisotopic (exact) mass is 478 g/mol. The molecule has 3 aromatic carbocycles. The summed E-state index contributed by atoms with van der Waals surface area (Å²) < 4.78 is 0. The van der Waals surface area contributed by atoms with Gasteiger partial charge in [0.1, 0.15) is 16.4 Å². The fraction of sp³-hybridized carbons (Fsp3) is 0.154. The third kappa shape index (κ3) is 5.07. The number of hydrogen-bond acceptors (Lipinski definition) is 5. The molecule has 33 heavy (non-hydrogen) atoms. The average molecular weight is 479 g/mol. The Morgan fingerprint density at radius 1 is 0.939 bits per heavy atom. The quantitative estimate of drug-likeness (QED) is 0.290. The maximum Gasteiger partial charge on any atom is 0.283 e. The second kappa shape index (κ2) is 10.1. The van der Waals surface area contributed by atoms with Crippen molar-refractivity contribution in [2.24, 2.45) is 0 Å². The van der Waals surface area contributed by atoms with E-state index in [0.29, 0.717) is 16.4 Å². The van der Waals surface area contributed by atoms with Crippen molar-refractivity contribution in [3.63, 3.8) is 0 Å². The molecule has 4 rings (SSSR count). The van der Waals surface area contributed by atoms with Gasteiger partial charge in [0.15, 0.2) is 0 Å². The van der Waals surface area contributed by atoms with Crippen molar-refractivity contribution < 1.29 is 14.7 Å². The van der Waals surface area contributed by atoms with E-state index >= 15 is 0 Å². The van der Waals surface area contributed by atoms with Gasteiger partial charge in [0, 0.05) is 9.92 Å². The van der Waals surface area contributed by atoms with E-state index in [2.05, 4.69) is 12.2 Å². The number of nitrogens with zero attached hydrogens (tertiary/aromatic N) is 1. The number of anilines is 2. The van der Waals surface area contributed by atoms with Gasteiger partial charge < -0.3 is 10.4 Å². The lowest BCUT2D eigenvalue weighted by molar-refractivity contribution is -0.120. The van der Waals surface area contributed by atoms with Crippen molar-refractivity contribution >= 4 is 46.6 Å². The fourth-order valence-corrected chi connectivity index (χ4v) is 4.53. The predicted molar refractivity (Wildman–Crippen MR) is 134 cm³/mol. The minimum Gasteiger partial charge on any atom is -0.506 e. The minimum absolute atomic E-state index is 0.0141. The Kier molecular flexibility index (Phi) is 7.06. The topological polar surface area (TPSA) is 69.6 Å². The number of phenolic OH excluding ortho intramolecular Hbond substituents is 1. The lowest BCUT2D eigenvalue weighted by Crippen LogP contribution is -2.32. The summed E-state index contributed by atoms with van der Waals surface area (Å²) >= 11 is 7.17. The van der Waals surface area contributed by atoms with E-state index in [1.807, 2.05) is 12.1 Å². The van der Waals surface area contributed by atoms with Crippen LogP contribution in [0.4, 0.5) is 11.4 Å². The Bertz CT molecular complexity index is 1210. The standard InChI is InChI=1S/C26H23ClN2O3S/c1-2-3-6-17-9-13-19(14-10-17)29-25(31)23(28-21-7-4-5-8-22(21)30)24(26(29)32)33-20-15-11-18(27)12-16-20/h4-5,7-16,28,30H,2-3,6H2,1H3. The number of thioether (sulfide) groups is 1. The summed E-state index contributed by atoms with van der Waals surface area (Å²) in [7, 11) is 0. The first kappa shape index (κ1) is 23.0. The summed E-state index contributed by atoms with van der Waals surface area (Å²) in [4.78, 5) is 29.0. The van der Waals surface area contributed by atoms with Crippen LogP contribution in [0, 0.1) is 0 Å². The van der Waals surface area contributed by atoms with Crippen molar-refractivity contribution in [3.8, 4) is 5.75 Å². The predicted octanol–water partition coefficient (Wildman–Crippen LogP) is 6.38. The summed E-state index contributed by atoms with van der Waals surface area (Å²) in [5.74, 6) is -0.903. The number of phenols is 1. The number of unbranched alkanes of at least 4 members (excludes halogenated alkanes) is 1. The molecule has 1 heterocycles. The SMILES string of the molecule is CCCCc1ccc(N2C(=O)C(Nc3ccccc3O)=C(Sc3ccc(Cl)cc3)C2=O)cc1. The smallest absolute Gasteiger partial charge is 0.283 e. The molecular formula is C26H23ClN2O3S. The molecule has 0 fully saturated rings. The molecule has 0 atom stereocenters.